The van der Waals surface area contributed by atoms with Crippen LogP contribution >= 0.6 is 23.2 Å². The molecule has 126 valence electrons. The predicted molar refractivity (Wildman–Crippen MR) is 93.1 cm³/mol. The van der Waals surface area contributed by atoms with E-state index >= 15 is 0 Å². The monoisotopic (exact) mass is 367 g/mol. The summed E-state index contributed by atoms with van der Waals surface area (Å²) in [5.74, 6) is 1.40. The number of anilines is 1. The van der Waals surface area contributed by atoms with E-state index in [0.29, 0.717) is 28.8 Å². The van der Waals surface area contributed by atoms with Gasteiger partial charge in [-0.2, -0.15) is 0 Å². The number of hydrogen-bond donors (Lipinski definition) is 2. The molecule has 3 rings (SSSR count). The SMILES string of the molecule is C[NH+](CC(=O)Nc1cc(Cl)cc(Cl)c1)Cc1ccc2c(c1)OCO2. The van der Waals surface area contributed by atoms with Gasteiger partial charge in [0.2, 0.25) is 6.79 Å². The summed E-state index contributed by atoms with van der Waals surface area (Å²) < 4.78 is 10.7. The zero-order valence-electron chi connectivity index (χ0n) is 13.1. The Hall–Kier alpha value is -1.95. The average Bonchev–Trinajstić information content (AvgIpc) is 2.93. The highest BCUT2D eigenvalue weighted by Gasteiger charge is 2.16. The van der Waals surface area contributed by atoms with Crippen molar-refractivity contribution < 1.29 is 19.2 Å². The fourth-order valence-corrected chi connectivity index (χ4v) is 3.09. The van der Waals surface area contributed by atoms with Crippen LogP contribution in [0.15, 0.2) is 36.4 Å². The van der Waals surface area contributed by atoms with Crippen LogP contribution < -0.4 is 19.7 Å². The molecular weight excluding hydrogens is 351 g/mol. The van der Waals surface area contributed by atoms with Crippen molar-refractivity contribution in [2.75, 3.05) is 25.7 Å². The Bertz CT molecular complexity index is 747. The molecule has 0 bridgehead atoms. The van der Waals surface area contributed by atoms with Crippen molar-refractivity contribution in [2.24, 2.45) is 0 Å². The molecule has 0 saturated carbocycles. The molecule has 24 heavy (non-hydrogen) atoms. The number of hydrogen-bond acceptors (Lipinski definition) is 3. The molecule has 2 aromatic carbocycles. The molecule has 0 spiro atoms. The smallest absolute Gasteiger partial charge is 0.279 e. The number of fused-ring (bicyclic) bond motifs is 1. The minimum absolute atomic E-state index is 0.105. The van der Waals surface area contributed by atoms with Gasteiger partial charge in [0, 0.05) is 21.3 Å². The molecule has 0 radical (unpaired) electrons. The van der Waals surface area contributed by atoms with E-state index in [-0.39, 0.29) is 12.7 Å². The zero-order valence-corrected chi connectivity index (χ0v) is 14.6. The van der Waals surface area contributed by atoms with E-state index in [9.17, 15) is 4.79 Å². The van der Waals surface area contributed by atoms with Gasteiger partial charge in [-0.25, -0.2) is 0 Å². The summed E-state index contributed by atoms with van der Waals surface area (Å²) in [7, 11) is 1.95. The van der Waals surface area contributed by atoms with Crippen molar-refractivity contribution >= 4 is 34.8 Å². The maximum absolute atomic E-state index is 12.2. The van der Waals surface area contributed by atoms with Gasteiger partial charge in [0.15, 0.2) is 18.0 Å². The minimum atomic E-state index is -0.105. The molecule has 0 aromatic heterocycles. The third-order valence-electron chi connectivity index (χ3n) is 3.55. The summed E-state index contributed by atoms with van der Waals surface area (Å²) in [6.07, 6.45) is 0. The second-order valence-corrected chi connectivity index (χ2v) is 6.58. The van der Waals surface area contributed by atoms with Crippen LogP contribution in [-0.4, -0.2) is 26.3 Å². The van der Waals surface area contributed by atoms with Crippen molar-refractivity contribution in [3.05, 3.63) is 52.0 Å². The quantitative estimate of drug-likeness (QED) is 0.852. The third kappa shape index (κ3) is 4.32. The first-order chi connectivity index (χ1) is 11.5. The van der Waals surface area contributed by atoms with Crippen LogP contribution in [0.5, 0.6) is 11.5 Å². The second kappa shape index (κ2) is 7.30. The molecule has 1 amide bonds. The number of carbonyl (C=O) groups is 1. The van der Waals surface area contributed by atoms with E-state index in [0.717, 1.165) is 22.0 Å². The fraction of sp³-hybridized carbons (Fsp3) is 0.235. The van der Waals surface area contributed by atoms with E-state index < -0.39 is 0 Å². The minimum Gasteiger partial charge on any atom is -0.454 e. The van der Waals surface area contributed by atoms with Gasteiger partial charge in [0.25, 0.3) is 5.91 Å². The summed E-state index contributed by atoms with van der Waals surface area (Å²) in [5, 5.41) is 3.78. The second-order valence-electron chi connectivity index (χ2n) is 5.70. The highest BCUT2D eigenvalue weighted by Crippen LogP contribution is 2.32. The Balaban J connectivity index is 1.56. The topological polar surface area (TPSA) is 52.0 Å². The summed E-state index contributed by atoms with van der Waals surface area (Å²) in [4.78, 5) is 13.2. The molecule has 0 aliphatic carbocycles. The lowest BCUT2D eigenvalue weighted by Gasteiger charge is -2.14. The highest BCUT2D eigenvalue weighted by atomic mass is 35.5. The number of ether oxygens (including phenoxy) is 2. The van der Waals surface area contributed by atoms with Gasteiger partial charge >= 0.3 is 0 Å². The van der Waals surface area contributed by atoms with Crippen LogP contribution in [0.2, 0.25) is 10.0 Å². The molecular formula is C17H17Cl2N2O3+. The molecule has 7 heteroatoms. The van der Waals surface area contributed by atoms with Gasteiger partial charge in [-0.05, 0) is 36.4 Å². The molecule has 5 nitrogen and oxygen atoms in total. The van der Waals surface area contributed by atoms with Crippen molar-refractivity contribution in [3.63, 3.8) is 0 Å². The molecule has 1 atom stereocenters. The fourth-order valence-electron chi connectivity index (χ4n) is 2.57. The summed E-state index contributed by atoms with van der Waals surface area (Å²) in [6.45, 7) is 1.27. The van der Waals surface area contributed by atoms with Crippen molar-refractivity contribution in [1.82, 2.24) is 0 Å². The molecule has 1 aliphatic heterocycles. The van der Waals surface area contributed by atoms with Gasteiger partial charge in [-0.15, -0.1) is 0 Å². The number of halogens is 2. The molecule has 1 aliphatic rings. The van der Waals surface area contributed by atoms with Crippen molar-refractivity contribution in [3.8, 4) is 11.5 Å². The Labute approximate surface area is 150 Å². The molecule has 0 saturated heterocycles. The van der Waals surface area contributed by atoms with Gasteiger partial charge in [0.1, 0.15) is 6.54 Å². The van der Waals surface area contributed by atoms with Crippen molar-refractivity contribution in [2.45, 2.75) is 6.54 Å². The van der Waals surface area contributed by atoms with Crippen LogP contribution in [0.25, 0.3) is 0 Å². The number of quaternary nitrogens is 1. The predicted octanol–water partition coefficient (Wildman–Crippen LogP) is 2.38. The van der Waals surface area contributed by atoms with Crippen molar-refractivity contribution in [1.29, 1.82) is 0 Å². The third-order valence-corrected chi connectivity index (χ3v) is 3.99. The number of carbonyl (C=O) groups excluding carboxylic acids is 1. The highest BCUT2D eigenvalue weighted by molar-refractivity contribution is 6.35. The lowest BCUT2D eigenvalue weighted by molar-refractivity contribution is -0.885. The van der Waals surface area contributed by atoms with Crippen LogP contribution in [0.1, 0.15) is 5.56 Å². The lowest BCUT2D eigenvalue weighted by Crippen LogP contribution is -3.08. The van der Waals surface area contributed by atoms with E-state index in [4.69, 9.17) is 32.7 Å². The van der Waals surface area contributed by atoms with E-state index in [2.05, 4.69) is 5.32 Å². The summed E-state index contributed by atoms with van der Waals surface area (Å²) in [5.41, 5.74) is 1.67. The Morgan fingerprint density at radius 1 is 1.12 bits per heavy atom. The zero-order chi connectivity index (χ0) is 17.1. The molecule has 0 fully saturated rings. The maximum Gasteiger partial charge on any atom is 0.279 e. The standard InChI is InChI=1S/C17H16Cl2N2O3/c1-21(8-11-2-3-15-16(4-11)24-10-23-15)9-17(22)20-14-6-12(18)5-13(19)7-14/h2-7H,8-10H2,1H3,(H,20,22)/p+1. The summed E-state index contributed by atoms with van der Waals surface area (Å²) in [6, 6.07) is 10.8. The summed E-state index contributed by atoms with van der Waals surface area (Å²) >= 11 is 11.9. The van der Waals surface area contributed by atoms with E-state index in [1.165, 1.54) is 0 Å². The molecule has 2 aromatic rings. The van der Waals surface area contributed by atoms with E-state index in [1.54, 1.807) is 18.2 Å². The average molecular weight is 368 g/mol. The molecule has 2 N–H and O–H groups in total. The number of likely N-dealkylation sites (N-methyl/N-ethyl adjacent to an activating group) is 1. The number of amides is 1. The van der Waals surface area contributed by atoms with Gasteiger partial charge in [-0.3, -0.25) is 4.79 Å². The number of rotatable bonds is 5. The Kier molecular flexibility index (Phi) is 5.14. The van der Waals surface area contributed by atoms with Gasteiger partial charge in [0.05, 0.1) is 7.05 Å². The van der Waals surface area contributed by atoms with Crippen LogP contribution in [-0.2, 0) is 11.3 Å². The number of nitrogens with one attached hydrogen (secondary N) is 2. The first kappa shape index (κ1) is 16.9. The van der Waals surface area contributed by atoms with Gasteiger partial charge in [-0.1, -0.05) is 23.2 Å². The first-order valence-electron chi connectivity index (χ1n) is 7.45. The van der Waals surface area contributed by atoms with Crippen LogP contribution in [0, 0.1) is 0 Å². The van der Waals surface area contributed by atoms with Crippen LogP contribution in [0.3, 0.4) is 0 Å². The largest absolute Gasteiger partial charge is 0.454 e. The first-order valence-corrected chi connectivity index (χ1v) is 8.21. The Morgan fingerprint density at radius 2 is 1.83 bits per heavy atom. The van der Waals surface area contributed by atoms with Gasteiger partial charge < -0.3 is 19.7 Å². The normalized spacial score (nSPS) is 13.6. The lowest BCUT2D eigenvalue weighted by atomic mass is 10.2. The maximum atomic E-state index is 12.2. The number of benzene rings is 2. The van der Waals surface area contributed by atoms with Crippen LogP contribution in [0.4, 0.5) is 5.69 Å². The molecule has 1 heterocycles. The van der Waals surface area contributed by atoms with E-state index in [1.807, 2.05) is 25.2 Å². The Morgan fingerprint density at radius 3 is 2.58 bits per heavy atom. The molecule has 1 unspecified atom stereocenters.